The van der Waals surface area contributed by atoms with E-state index < -0.39 is 10.3 Å². The third-order valence-corrected chi connectivity index (χ3v) is 0.310. The van der Waals surface area contributed by atoms with Crippen LogP contribution in [0.5, 0.6) is 0 Å². The van der Waals surface area contributed by atoms with Crippen LogP contribution < -0.4 is 4.52 Å². The zero-order valence-electron chi connectivity index (χ0n) is 2.57. The lowest BCUT2D eigenvalue weighted by molar-refractivity contribution is 0.479. The van der Waals surface area contributed by atoms with Crippen LogP contribution in [0.3, 0.4) is 0 Å². The van der Waals surface area contributed by atoms with E-state index in [4.69, 9.17) is 18.5 Å². The molecule has 0 heterocycles. The molecule has 0 saturated carbocycles. The Balaban J connectivity index is 4.25. The van der Waals surface area contributed by atoms with Gasteiger partial charge in [0.25, 0.3) is 0 Å². The molecule has 0 amide bonds. The van der Waals surface area contributed by atoms with Crippen molar-refractivity contribution in [1.82, 2.24) is 4.52 Å². The summed E-state index contributed by atoms with van der Waals surface area (Å²) in [5, 5.41) is 0. The SMILES string of the molecule is [N-]=[N+]S(=O)(=O)O. The van der Waals surface area contributed by atoms with Gasteiger partial charge in [-0.1, -0.05) is 0 Å². The van der Waals surface area contributed by atoms with Crippen LogP contribution in [0.1, 0.15) is 0 Å². The van der Waals surface area contributed by atoms with E-state index in [1.54, 1.807) is 4.52 Å². The average Bonchev–Trinajstić information content (AvgIpc) is 1.35. The molecule has 6 heavy (non-hydrogen) atoms. The molecular formula is HN2O3S. The molecule has 0 saturated heterocycles. The molecule has 0 aliphatic heterocycles. The summed E-state index contributed by atoms with van der Waals surface area (Å²) < 4.78 is 27.2. The minimum Gasteiger partial charge on any atom is -0.407 e. The number of rotatable bonds is 1. The Bertz CT molecular complexity index is 119. The zero-order chi connectivity index (χ0) is 5.21. The van der Waals surface area contributed by atoms with Gasteiger partial charge in [0.2, 0.25) is 0 Å². The summed E-state index contributed by atoms with van der Waals surface area (Å²) >= 11 is 0. The summed E-state index contributed by atoms with van der Waals surface area (Å²) in [4.78, 5) is 0. The maximum Gasteiger partial charge on any atom is 0.559 e. The van der Waals surface area contributed by atoms with E-state index in [9.17, 15) is 0 Å². The van der Waals surface area contributed by atoms with Crippen LogP contribution in [0.25, 0.3) is 5.53 Å². The van der Waals surface area contributed by atoms with Gasteiger partial charge in [-0.2, -0.15) is 0 Å². The largest absolute Gasteiger partial charge is 0.559 e. The third kappa shape index (κ3) is 3.51. The van der Waals surface area contributed by atoms with Gasteiger partial charge in [0.15, 0.2) is 0 Å². The fourth-order valence-electron chi connectivity index (χ4n) is 0. The van der Waals surface area contributed by atoms with E-state index in [1.807, 2.05) is 0 Å². The Morgan fingerprint density at radius 3 is 1.83 bits per heavy atom. The minimum atomic E-state index is -4.48. The molecule has 6 heteroatoms. The third-order valence-electron chi connectivity index (χ3n) is 0.103. The first-order valence-corrected chi connectivity index (χ1v) is 2.30. The minimum absolute atomic E-state index is 1.55. The van der Waals surface area contributed by atoms with Gasteiger partial charge in [-0.15, -0.1) is 8.42 Å². The summed E-state index contributed by atoms with van der Waals surface area (Å²) in [6.45, 7) is 0. The first-order chi connectivity index (χ1) is 2.56. The van der Waals surface area contributed by atoms with E-state index >= 15 is 0 Å². The van der Waals surface area contributed by atoms with Crippen molar-refractivity contribution >= 4 is 10.3 Å². The highest BCUT2D eigenvalue weighted by Gasteiger charge is 2.04. The van der Waals surface area contributed by atoms with Crippen molar-refractivity contribution < 1.29 is 13.0 Å². The summed E-state index contributed by atoms with van der Waals surface area (Å²) in [7, 11) is -4.48. The molecule has 0 bridgehead atoms. The lowest BCUT2D eigenvalue weighted by atomic mass is 13.3. The second-order valence-electron chi connectivity index (χ2n) is 0.529. The van der Waals surface area contributed by atoms with E-state index in [0.29, 0.717) is 0 Å². The van der Waals surface area contributed by atoms with Gasteiger partial charge in [-0.3, -0.25) is 0 Å². The molecule has 1 N–H and O–H groups in total. The van der Waals surface area contributed by atoms with Crippen molar-refractivity contribution in [2.75, 3.05) is 0 Å². The Labute approximate surface area is 34.4 Å². The van der Waals surface area contributed by atoms with Gasteiger partial charge in [0, 0.05) is 0 Å². The highest BCUT2D eigenvalue weighted by atomic mass is 32.2. The molecule has 1 radical (unpaired) electrons. The van der Waals surface area contributed by atoms with Gasteiger partial charge in [0.1, 0.15) is 4.52 Å². The predicted octanol–water partition coefficient (Wildman–Crippen LogP) is -0.853. The molecular weight excluding hydrogens is 108 g/mol. The molecule has 0 fully saturated rings. The standard InChI is InChI=1S/HN2O3S/c1-2-6(3,4)5/h(H,3,4,5). The van der Waals surface area contributed by atoms with Crippen LogP contribution in [0.2, 0.25) is 0 Å². The highest BCUT2D eigenvalue weighted by Crippen LogP contribution is 1.62. The molecule has 0 atom stereocenters. The van der Waals surface area contributed by atoms with Crippen molar-refractivity contribution in [1.29, 1.82) is 0 Å². The van der Waals surface area contributed by atoms with Crippen LogP contribution in [0.4, 0.5) is 0 Å². The quantitative estimate of drug-likeness (QED) is 0.351. The Kier molecular flexibility index (Phi) is 1.20. The van der Waals surface area contributed by atoms with Crippen LogP contribution in [-0.2, 0) is 10.3 Å². The monoisotopic (exact) mass is 109 g/mol. The maximum atomic E-state index is 9.14. The van der Waals surface area contributed by atoms with Crippen LogP contribution >= 0.6 is 0 Å². The summed E-state index contributed by atoms with van der Waals surface area (Å²) in [6.07, 6.45) is 0. The van der Waals surface area contributed by atoms with Crippen molar-refractivity contribution in [3.8, 4) is 0 Å². The Hall–Kier alpha value is -0.490. The fourth-order valence-corrected chi connectivity index (χ4v) is 0. The molecule has 0 rings (SSSR count). The van der Waals surface area contributed by atoms with Crippen molar-refractivity contribution in [3.63, 3.8) is 0 Å². The Morgan fingerprint density at radius 1 is 1.67 bits per heavy atom. The molecule has 5 nitrogen and oxygen atoms in total. The topological polar surface area (TPSA) is 90.8 Å². The molecule has 0 unspecified atom stereocenters. The summed E-state index contributed by atoms with van der Waals surface area (Å²) in [5.41, 5.74) is 7.19. The normalized spacial score (nSPS) is 10.8. The van der Waals surface area contributed by atoms with Crippen LogP contribution in [0.15, 0.2) is 0 Å². The summed E-state index contributed by atoms with van der Waals surface area (Å²) in [6, 6.07) is 0. The highest BCUT2D eigenvalue weighted by molar-refractivity contribution is 7.83. The second kappa shape index (κ2) is 1.31. The van der Waals surface area contributed by atoms with Gasteiger partial charge < -0.3 is 5.53 Å². The van der Waals surface area contributed by atoms with Crippen LogP contribution in [-0.4, -0.2) is 13.0 Å². The molecule has 35 valence electrons. The average molecular weight is 109 g/mol. The van der Waals surface area contributed by atoms with Gasteiger partial charge in [0.05, 0.1) is 0 Å². The number of hydrogen-bond donors (Lipinski definition) is 1. The number of nitrogens with zero attached hydrogens (tertiary/aromatic N) is 2. The molecule has 0 aromatic heterocycles. The first kappa shape index (κ1) is 5.51. The van der Waals surface area contributed by atoms with E-state index in [-0.39, 0.29) is 0 Å². The molecule has 0 aromatic rings. The fraction of sp³-hybridized carbons (Fsp3) is 0. The van der Waals surface area contributed by atoms with Crippen LogP contribution in [0, 0.1) is 0 Å². The smallest absolute Gasteiger partial charge is 0.407 e. The van der Waals surface area contributed by atoms with E-state index in [0.717, 1.165) is 0 Å². The van der Waals surface area contributed by atoms with Gasteiger partial charge >= 0.3 is 10.3 Å². The van der Waals surface area contributed by atoms with Crippen molar-refractivity contribution in [2.24, 2.45) is 0 Å². The molecule has 0 aliphatic carbocycles. The predicted molar refractivity (Wildman–Crippen MR) is 17.0 cm³/mol. The zero-order valence-corrected chi connectivity index (χ0v) is 3.38. The van der Waals surface area contributed by atoms with E-state index in [2.05, 4.69) is 0 Å². The molecule has 0 aliphatic rings. The summed E-state index contributed by atoms with van der Waals surface area (Å²) in [5.74, 6) is 0. The lowest BCUT2D eigenvalue weighted by Gasteiger charge is -1.61. The molecule has 0 spiro atoms. The van der Waals surface area contributed by atoms with E-state index in [1.165, 1.54) is 0 Å². The van der Waals surface area contributed by atoms with Gasteiger partial charge in [-0.05, 0) is 0 Å². The molecule has 0 aromatic carbocycles. The lowest BCUT2D eigenvalue weighted by Crippen LogP contribution is -1.98. The number of hydrogen-bond acceptors (Lipinski definition) is 2. The van der Waals surface area contributed by atoms with Crippen molar-refractivity contribution in [3.05, 3.63) is 5.53 Å². The maximum absolute atomic E-state index is 9.14. The van der Waals surface area contributed by atoms with Crippen molar-refractivity contribution in [2.45, 2.75) is 0 Å². The second-order valence-corrected chi connectivity index (χ2v) is 1.59. The van der Waals surface area contributed by atoms with Gasteiger partial charge in [-0.25, -0.2) is 4.55 Å². The Morgan fingerprint density at radius 2 is 1.83 bits per heavy atom. The first-order valence-electron chi connectivity index (χ1n) is 0.898.